The monoisotopic (exact) mass is 406 g/mol. The van der Waals surface area contributed by atoms with E-state index in [1.165, 1.54) is 6.20 Å². The van der Waals surface area contributed by atoms with Crippen LogP contribution in [-0.2, 0) is 11.3 Å². The number of aromatic nitrogens is 2. The SMILES string of the molecule is C[C@@H](O)CCNc1cc(Cl)ncc1-c1ncc(CN2CC3(COC3)C2)cc1F. The Morgan fingerprint density at radius 3 is 2.75 bits per heavy atom. The van der Waals surface area contributed by atoms with Gasteiger partial charge in [-0.05, 0) is 31.0 Å². The minimum atomic E-state index is -0.422. The van der Waals surface area contributed by atoms with Crippen LogP contribution >= 0.6 is 11.6 Å². The van der Waals surface area contributed by atoms with Gasteiger partial charge in [0.25, 0.3) is 0 Å². The Bertz CT molecular complexity index is 852. The fourth-order valence-corrected chi connectivity index (χ4v) is 3.95. The molecule has 2 aromatic heterocycles. The molecule has 0 amide bonds. The minimum Gasteiger partial charge on any atom is -0.393 e. The Kier molecular flexibility index (Phi) is 5.51. The van der Waals surface area contributed by atoms with E-state index < -0.39 is 6.10 Å². The molecule has 2 aliphatic heterocycles. The zero-order valence-electron chi connectivity index (χ0n) is 15.8. The maximum Gasteiger partial charge on any atom is 0.149 e. The lowest BCUT2D eigenvalue weighted by molar-refractivity contribution is -0.191. The average molecular weight is 407 g/mol. The highest BCUT2D eigenvalue weighted by molar-refractivity contribution is 6.29. The van der Waals surface area contributed by atoms with Crippen LogP contribution < -0.4 is 5.32 Å². The number of likely N-dealkylation sites (tertiary alicyclic amines) is 1. The van der Waals surface area contributed by atoms with Crippen LogP contribution in [0.5, 0.6) is 0 Å². The van der Waals surface area contributed by atoms with Crippen LogP contribution in [0.25, 0.3) is 11.3 Å². The molecule has 0 saturated carbocycles. The number of pyridine rings is 2. The molecule has 150 valence electrons. The zero-order valence-corrected chi connectivity index (χ0v) is 16.5. The van der Waals surface area contributed by atoms with E-state index in [0.717, 1.165) is 31.9 Å². The zero-order chi connectivity index (χ0) is 19.7. The maximum atomic E-state index is 14.8. The summed E-state index contributed by atoms with van der Waals surface area (Å²) in [7, 11) is 0. The summed E-state index contributed by atoms with van der Waals surface area (Å²) in [6, 6.07) is 3.19. The van der Waals surface area contributed by atoms with Crippen molar-refractivity contribution in [3.63, 3.8) is 0 Å². The molecule has 1 atom stereocenters. The lowest BCUT2D eigenvalue weighted by Crippen LogP contribution is -2.65. The normalized spacial score (nSPS) is 19.1. The summed E-state index contributed by atoms with van der Waals surface area (Å²) in [6.07, 6.45) is 3.38. The molecular formula is C20H24ClFN4O2. The van der Waals surface area contributed by atoms with Crippen molar-refractivity contribution in [1.29, 1.82) is 0 Å². The summed E-state index contributed by atoms with van der Waals surface area (Å²) in [5, 5.41) is 12.9. The van der Waals surface area contributed by atoms with Gasteiger partial charge in [0.1, 0.15) is 16.7 Å². The topological polar surface area (TPSA) is 70.5 Å². The van der Waals surface area contributed by atoms with E-state index in [1.54, 1.807) is 25.3 Å². The van der Waals surface area contributed by atoms with Gasteiger partial charge in [0.15, 0.2) is 0 Å². The first kappa shape index (κ1) is 19.5. The highest BCUT2D eigenvalue weighted by Crippen LogP contribution is 2.38. The van der Waals surface area contributed by atoms with Crippen LogP contribution in [-0.4, -0.2) is 58.9 Å². The van der Waals surface area contributed by atoms with E-state index in [2.05, 4.69) is 20.2 Å². The summed E-state index contributed by atoms with van der Waals surface area (Å²) in [5.74, 6) is -0.387. The highest BCUT2D eigenvalue weighted by atomic mass is 35.5. The van der Waals surface area contributed by atoms with Crippen LogP contribution in [0.4, 0.5) is 10.1 Å². The third-order valence-corrected chi connectivity index (χ3v) is 5.45. The first-order valence-corrected chi connectivity index (χ1v) is 9.84. The first-order chi connectivity index (χ1) is 13.4. The van der Waals surface area contributed by atoms with Crippen molar-refractivity contribution >= 4 is 17.3 Å². The number of aliphatic hydroxyl groups excluding tert-OH is 1. The Labute approximate surface area is 168 Å². The van der Waals surface area contributed by atoms with Crippen molar-refractivity contribution in [2.45, 2.75) is 26.0 Å². The van der Waals surface area contributed by atoms with Gasteiger partial charge in [0, 0.05) is 55.2 Å². The molecule has 0 aromatic carbocycles. The summed E-state index contributed by atoms with van der Waals surface area (Å²) in [5.41, 5.74) is 2.62. The predicted octanol–water partition coefficient (Wildman–Crippen LogP) is 2.95. The summed E-state index contributed by atoms with van der Waals surface area (Å²) in [4.78, 5) is 10.7. The molecule has 2 saturated heterocycles. The Balaban J connectivity index is 1.47. The molecule has 6 nitrogen and oxygen atoms in total. The second-order valence-corrected chi connectivity index (χ2v) is 8.32. The number of aliphatic hydroxyl groups is 1. The second-order valence-electron chi connectivity index (χ2n) is 7.93. The molecule has 0 bridgehead atoms. The molecule has 0 aliphatic carbocycles. The molecule has 2 N–H and O–H groups in total. The fraction of sp³-hybridized carbons (Fsp3) is 0.500. The van der Waals surface area contributed by atoms with Crippen LogP contribution in [0, 0.1) is 11.2 Å². The van der Waals surface area contributed by atoms with Gasteiger partial charge in [0.05, 0.1) is 19.3 Å². The van der Waals surface area contributed by atoms with Crippen molar-refractivity contribution in [1.82, 2.24) is 14.9 Å². The third-order valence-electron chi connectivity index (χ3n) is 5.24. The predicted molar refractivity (Wildman–Crippen MR) is 106 cm³/mol. The standard InChI is InChI=1S/C20H24ClFN4O2/c1-13(27)2-3-23-17-5-18(21)24-7-15(17)19-16(22)4-14(6-25-19)8-26-9-20(10-26)11-28-12-20/h4-7,13,27H,2-3,8-12H2,1H3,(H,23,24)/t13-/m1/s1. The quantitative estimate of drug-likeness (QED) is 0.689. The number of anilines is 1. The van der Waals surface area contributed by atoms with Gasteiger partial charge in [0.2, 0.25) is 0 Å². The smallest absolute Gasteiger partial charge is 0.149 e. The van der Waals surface area contributed by atoms with E-state index in [-0.39, 0.29) is 11.5 Å². The number of ether oxygens (including phenoxy) is 1. The molecule has 0 radical (unpaired) electrons. The summed E-state index contributed by atoms with van der Waals surface area (Å²) >= 11 is 6.00. The van der Waals surface area contributed by atoms with Crippen LogP contribution in [0.3, 0.4) is 0 Å². The van der Waals surface area contributed by atoms with E-state index in [0.29, 0.717) is 41.3 Å². The van der Waals surface area contributed by atoms with Crippen molar-refractivity contribution < 1.29 is 14.2 Å². The van der Waals surface area contributed by atoms with Crippen molar-refractivity contribution in [2.75, 3.05) is 38.2 Å². The van der Waals surface area contributed by atoms with Gasteiger partial charge in [-0.25, -0.2) is 9.37 Å². The first-order valence-electron chi connectivity index (χ1n) is 9.46. The van der Waals surface area contributed by atoms with Gasteiger partial charge >= 0.3 is 0 Å². The molecule has 0 unspecified atom stereocenters. The minimum absolute atomic E-state index is 0.236. The molecule has 1 spiro atoms. The summed E-state index contributed by atoms with van der Waals surface area (Å²) < 4.78 is 20.1. The van der Waals surface area contributed by atoms with Gasteiger partial charge in [-0.1, -0.05) is 11.6 Å². The third kappa shape index (κ3) is 4.12. The lowest BCUT2D eigenvalue weighted by Gasteiger charge is -2.55. The fourth-order valence-electron chi connectivity index (χ4n) is 3.79. The summed E-state index contributed by atoms with van der Waals surface area (Å²) in [6.45, 7) is 6.60. The highest BCUT2D eigenvalue weighted by Gasteiger charge is 2.48. The molecule has 4 heterocycles. The lowest BCUT2D eigenvalue weighted by atomic mass is 9.78. The molecule has 28 heavy (non-hydrogen) atoms. The number of rotatable bonds is 7. The Morgan fingerprint density at radius 1 is 1.32 bits per heavy atom. The largest absolute Gasteiger partial charge is 0.393 e. The Morgan fingerprint density at radius 2 is 2.11 bits per heavy atom. The molecular weight excluding hydrogens is 383 g/mol. The average Bonchev–Trinajstić information content (AvgIpc) is 2.57. The number of halogens is 2. The van der Waals surface area contributed by atoms with E-state index in [9.17, 15) is 9.50 Å². The van der Waals surface area contributed by atoms with Gasteiger partial charge < -0.3 is 15.2 Å². The van der Waals surface area contributed by atoms with Gasteiger partial charge in [-0.15, -0.1) is 0 Å². The number of nitrogens with one attached hydrogen (secondary N) is 1. The van der Waals surface area contributed by atoms with Crippen LogP contribution in [0.15, 0.2) is 24.5 Å². The van der Waals surface area contributed by atoms with Gasteiger partial charge in [-0.3, -0.25) is 9.88 Å². The maximum absolute atomic E-state index is 14.8. The molecule has 2 aromatic rings. The molecule has 2 fully saturated rings. The van der Waals surface area contributed by atoms with Crippen LogP contribution in [0.1, 0.15) is 18.9 Å². The Hall–Kier alpha value is -1.80. The van der Waals surface area contributed by atoms with Crippen molar-refractivity contribution in [3.05, 3.63) is 41.1 Å². The van der Waals surface area contributed by atoms with Crippen molar-refractivity contribution in [3.8, 4) is 11.3 Å². The van der Waals surface area contributed by atoms with Gasteiger partial charge in [-0.2, -0.15) is 0 Å². The van der Waals surface area contributed by atoms with Crippen molar-refractivity contribution in [2.24, 2.45) is 5.41 Å². The molecule has 2 aliphatic rings. The molecule has 4 rings (SSSR count). The number of nitrogens with zero attached hydrogens (tertiary/aromatic N) is 3. The number of hydrogen-bond acceptors (Lipinski definition) is 6. The molecule has 8 heteroatoms. The van der Waals surface area contributed by atoms with Crippen LogP contribution in [0.2, 0.25) is 5.15 Å². The van der Waals surface area contributed by atoms with E-state index in [1.807, 2.05) is 0 Å². The number of hydrogen-bond donors (Lipinski definition) is 2. The second kappa shape index (κ2) is 7.91. The van der Waals surface area contributed by atoms with E-state index in [4.69, 9.17) is 16.3 Å². The van der Waals surface area contributed by atoms with E-state index >= 15 is 0 Å².